The van der Waals surface area contributed by atoms with Gasteiger partial charge in [-0.25, -0.2) is 9.78 Å². The average Bonchev–Trinajstić information content (AvgIpc) is 3.31. The first-order chi connectivity index (χ1) is 16.0. The summed E-state index contributed by atoms with van der Waals surface area (Å²) in [5.41, 5.74) is 1.10. The lowest BCUT2D eigenvalue weighted by molar-refractivity contribution is -0.113. The van der Waals surface area contributed by atoms with Crippen LogP contribution in [0.3, 0.4) is 0 Å². The molecular formula is C23H19N3O5S2. The number of carbonyl (C=O) groups excluding carboxylic acids is 2. The van der Waals surface area contributed by atoms with Gasteiger partial charge in [-0.2, -0.15) is 0 Å². The van der Waals surface area contributed by atoms with E-state index in [4.69, 9.17) is 9.47 Å². The van der Waals surface area contributed by atoms with Crippen molar-refractivity contribution in [1.29, 1.82) is 0 Å². The maximum absolute atomic E-state index is 12.7. The maximum atomic E-state index is 12.7. The van der Waals surface area contributed by atoms with E-state index >= 15 is 0 Å². The summed E-state index contributed by atoms with van der Waals surface area (Å²) < 4.78 is 12.0. The quantitative estimate of drug-likeness (QED) is 0.301. The van der Waals surface area contributed by atoms with Gasteiger partial charge in [-0.05, 0) is 24.3 Å². The number of amides is 1. The van der Waals surface area contributed by atoms with Gasteiger partial charge in [0.15, 0.2) is 4.96 Å². The Morgan fingerprint density at radius 3 is 2.85 bits per heavy atom. The highest BCUT2D eigenvalue weighted by Gasteiger charge is 2.15. The highest BCUT2D eigenvalue weighted by atomic mass is 32.2. The fourth-order valence-electron chi connectivity index (χ4n) is 2.98. The van der Waals surface area contributed by atoms with Crippen LogP contribution in [0.2, 0.25) is 0 Å². The molecule has 4 rings (SSSR count). The molecule has 2 heterocycles. The summed E-state index contributed by atoms with van der Waals surface area (Å²) in [7, 11) is 1.56. The number of fused-ring (bicyclic) bond motifs is 1. The van der Waals surface area contributed by atoms with Crippen molar-refractivity contribution >= 4 is 45.6 Å². The van der Waals surface area contributed by atoms with Gasteiger partial charge in [-0.15, -0.1) is 23.1 Å². The fourth-order valence-corrected chi connectivity index (χ4v) is 4.56. The van der Waals surface area contributed by atoms with Gasteiger partial charge in [-0.3, -0.25) is 14.0 Å². The van der Waals surface area contributed by atoms with Gasteiger partial charge >= 0.3 is 5.97 Å². The fraction of sp³-hybridized carbons (Fsp3) is 0.130. The van der Waals surface area contributed by atoms with Crippen LogP contribution in [0.5, 0.6) is 5.75 Å². The second-order valence-corrected chi connectivity index (χ2v) is 8.67. The van der Waals surface area contributed by atoms with Crippen molar-refractivity contribution in [2.75, 3.05) is 18.2 Å². The van der Waals surface area contributed by atoms with Gasteiger partial charge in [-0.1, -0.05) is 18.2 Å². The maximum Gasteiger partial charge on any atom is 0.339 e. The van der Waals surface area contributed by atoms with Crippen LogP contribution in [-0.2, 0) is 16.1 Å². The van der Waals surface area contributed by atoms with E-state index in [0.717, 1.165) is 0 Å². The van der Waals surface area contributed by atoms with Crippen molar-refractivity contribution in [3.63, 3.8) is 0 Å². The van der Waals surface area contributed by atoms with E-state index in [1.807, 2.05) is 0 Å². The van der Waals surface area contributed by atoms with Crippen molar-refractivity contribution in [2.24, 2.45) is 0 Å². The third-order valence-corrected chi connectivity index (χ3v) is 6.36. The smallest absolute Gasteiger partial charge is 0.339 e. The molecule has 1 amide bonds. The van der Waals surface area contributed by atoms with Crippen molar-refractivity contribution < 1.29 is 19.1 Å². The molecule has 0 saturated heterocycles. The minimum absolute atomic E-state index is 0.106. The number of methoxy groups -OCH3 is 1. The molecule has 0 aliphatic carbocycles. The second-order valence-electron chi connectivity index (χ2n) is 6.78. The van der Waals surface area contributed by atoms with Crippen LogP contribution in [0.1, 0.15) is 16.1 Å². The molecule has 0 spiro atoms. The Balaban J connectivity index is 1.38. The molecule has 168 valence electrons. The van der Waals surface area contributed by atoms with Gasteiger partial charge in [0.1, 0.15) is 12.4 Å². The van der Waals surface area contributed by atoms with Crippen molar-refractivity contribution in [3.8, 4) is 5.75 Å². The van der Waals surface area contributed by atoms with Crippen LogP contribution < -0.4 is 15.6 Å². The van der Waals surface area contributed by atoms with E-state index in [-0.39, 0.29) is 23.8 Å². The molecule has 8 nitrogen and oxygen atoms in total. The number of aromatic nitrogens is 2. The lowest BCUT2D eigenvalue weighted by atomic mass is 10.2. The van der Waals surface area contributed by atoms with Crippen molar-refractivity contribution in [2.45, 2.75) is 11.5 Å². The van der Waals surface area contributed by atoms with E-state index in [0.29, 0.717) is 32.6 Å². The summed E-state index contributed by atoms with van der Waals surface area (Å²) >= 11 is 2.55. The van der Waals surface area contributed by atoms with Crippen LogP contribution in [0, 0.1) is 0 Å². The minimum Gasteiger partial charge on any atom is -0.497 e. The first-order valence-electron chi connectivity index (χ1n) is 9.82. The molecule has 0 aliphatic rings. The number of nitrogens with zero attached hydrogens (tertiary/aromatic N) is 2. The number of esters is 1. The SMILES string of the molecule is COc1cccc(NC(=O)CSc2ccccc2C(=O)OCc2cc(=O)n3ccsc3n2)c1. The highest BCUT2D eigenvalue weighted by Crippen LogP contribution is 2.24. The number of anilines is 1. The molecular weight excluding hydrogens is 462 g/mol. The summed E-state index contributed by atoms with van der Waals surface area (Å²) in [5, 5.41) is 4.57. The van der Waals surface area contributed by atoms with Gasteiger partial charge in [0.05, 0.1) is 24.1 Å². The first kappa shape index (κ1) is 22.6. The number of hydrogen-bond acceptors (Lipinski definition) is 8. The number of thioether (sulfide) groups is 1. The van der Waals surface area contributed by atoms with Crippen LogP contribution >= 0.6 is 23.1 Å². The van der Waals surface area contributed by atoms with Crippen LogP contribution in [0.15, 0.2) is 75.9 Å². The number of carbonyl (C=O) groups is 2. The second kappa shape index (κ2) is 10.3. The normalized spacial score (nSPS) is 10.7. The Hall–Kier alpha value is -3.63. The molecule has 2 aromatic carbocycles. The minimum atomic E-state index is -0.556. The number of thiazole rings is 1. The summed E-state index contributed by atoms with van der Waals surface area (Å²) in [5.74, 6) is -0.0247. The van der Waals surface area contributed by atoms with E-state index < -0.39 is 5.97 Å². The van der Waals surface area contributed by atoms with Gasteiger partial charge in [0, 0.05) is 34.3 Å². The number of rotatable bonds is 8. The number of ether oxygens (including phenoxy) is 2. The Bertz CT molecular complexity index is 1370. The van der Waals surface area contributed by atoms with E-state index in [2.05, 4.69) is 10.3 Å². The topological polar surface area (TPSA) is 99.0 Å². The van der Waals surface area contributed by atoms with E-state index in [1.165, 1.54) is 33.6 Å². The molecule has 0 aliphatic heterocycles. The highest BCUT2D eigenvalue weighted by molar-refractivity contribution is 8.00. The molecule has 0 unspecified atom stereocenters. The zero-order valence-corrected chi connectivity index (χ0v) is 19.2. The van der Waals surface area contributed by atoms with Crippen molar-refractivity contribution in [3.05, 3.63) is 87.8 Å². The number of nitrogens with one attached hydrogen (secondary N) is 1. The van der Waals surface area contributed by atoms with E-state index in [1.54, 1.807) is 67.2 Å². The Labute approximate surface area is 197 Å². The van der Waals surface area contributed by atoms with Crippen LogP contribution in [0.25, 0.3) is 4.96 Å². The molecule has 0 fully saturated rings. The van der Waals surface area contributed by atoms with Gasteiger partial charge in [0.2, 0.25) is 5.91 Å². The average molecular weight is 482 g/mol. The molecule has 0 saturated carbocycles. The molecule has 0 bridgehead atoms. The lowest BCUT2D eigenvalue weighted by Gasteiger charge is -2.10. The third-order valence-electron chi connectivity index (χ3n) is 4.53. The van der Waals surface area contributed by atoms with Gasteiger partial charge < -0.3 is 14.8 Å². The molecule has 4 aromatic rings. The molecule has 2 aromatic heterocycles. The molecule has 0 atom stereocenters. The third kappa shape index (κ3) is 5.60. The summed E-state index contributed by atoms with van der Waals surface area (Å²) in [6.07, 6.45) is 1.64. The van der Waals surface area contributed by atoms with Crippen molar-refractivity contribution in [1.82, 2.24) is 9.38 Å². The monoisotopic (exact) mass is 481 g/mol. The summed E-state index contributed by atoms with van der Waals surface area (Å²) in [6, 6.07) is 15.3. The van der Waals surface area contributed by atoms with Crippen LogP contribution in [0.4, 0.5) is 5.69 Å². The predicted molar refractivity (Wildman–Crippen MR) is 127 cm³/mol. The predicted octanol–water partition coefficient (Wildman–Crippen LogP) is 3.85. The summed E-state index contributed by atoms with van der Waals surface area (Å²) in [4.78, 5) is 42.6. The number of hydrogen-bond donors (Lipinski definition) is 1. The zero-order valence-electron chi connectivity index (χ0n) is 17.5. The largest absolute Gasteiger partial charge is 0.497 e. The molecule has 0 radical (unpaired) electrons. The number of benzene rings is 2. The molecule has 33 heavy (non-hydrogen) atoms. The Morgan fingerprint density at radius 2 is 2.00 bits per heavy atom. The van der Waals surface area contributed by atoms with E-state index in [9.17, 15) is 14.4 Å². The lowest BCUT2D eigenvalue weighted by Crippen LogP contribution is -2.15. The molecule has 10 heteroatoms. The summed E-state index contributed by atoms with van der Waals surface area (Å²) in [6.45, 7) is -0.127. The standard InChI is InChI=1S/C23H19N3O5S2/c1-30-17-6-4-5-15(11-17)24-20(27)14-33-19-8-3-2-7-18(19)22(29)31-13-16-12-21(28)26-9-10-32-23(26)25-16/h2-12H,13-14H2,1H3,(H,24,27). The van der Waals surface area contributed by atoms with Gasteiger partial charge in [0.25, 0.3) is 5.56 Å². The Morgan fingerprint density at radius 1 is 1.15 bits per heavy atom. The first-order valence-corrected chi connectivity index (χ1v) is 11.7. The van der Waals surface area contributed by atoms with Crippen LogP contribution in [-0.4, -0.2) is 34.1 Å². The zero-order chi connectivity index (χ0) is 23.2. The Kier molecular flexibility index (Phi) is 7.06. The molecule has 1 N–H and O–H groups in total.